The average molecular weight is 305 g/mol. The number of nitrogens with zero attached hydrogens (tertiary/aromatic N) is 1. The van der Waals surface area contributed by atoms with Crippen molar-refractivity contribution in [3.8, 4) is 0 Å². The van der Waals surface area contributed by atoms with E-state index >= 15 is 0 Å². The first kappa shape index (κ1) is 15.5. The highest BCUT2D eigenvalue weighted by Gasteiger charge is 2.15. The summed E-state index contributed by atoms with van der Waals surface area (Å²) in [5, 5.41) is 3.18. The molecular weight excluding hydrogens is 286 g/mol. The Morgan fingerprint density at radius 1 is 1.10 bits per heavy atom. The number of nitrogens with one attached hydrogen (secondary N) is 2. The van der Waals surface area contributed by atoms with Gasteiger partial charge < -0.3 is 5.32 Å². The molecule has 5 nitrogen and oxygen atoms in total. The van der Waals surface area contributed by atoms with Gasteiger partial charge in [0.05, 0.1) is 0 Å². The number of sulfonamides is 1. The van der Waals surface area contributed by atoms with Crippen molar-refractivity contribution in [2.75, 3.05) is 11.3 Å². The summed E-state index contributed by atoms with van der Waals surface area (Å²) in [7, 11) is -3.64. The highest BCUT2D eigenvalue weighted by atomic mass is 32.2. The molecule has 2 aromatic rings. The SMILES string of the molecule is CCNCc1ccc(S(=O)(=O)Nc2ccc(C)cc2)nc1. The summed E-state index contributed by atoms with van der Waals surface area (Å²) in [5.41, 5.74) is 2.55. The maximum absolute atomic E-state index is 12.2. The Labute approximate surface area is 125 Å². The average Bonchev–Trinajstić information content (AvgIpc) is 2.48. The molecule has 21 heavy (non-hydrogen) atoms. The van der Waals surface area contributed by atoms with Crippen LogP contribution in [0.4, 0.5) is 5.69 Å². The van der Waals surface area contributed by atoms with Gasteiger partial charge in [-0.1, -0.05) is 30.7 Å². The lowest BCUT2D eigenvalue weighted by Gasteiger charge is -2.08. The Morgan fingerprint density at radius 3 is 2.38 bits per heavy atom. The first-order valence-electron chi connectivity index (χ1n) is 6.76. The molecule has 2 N–H and O–H groups in total. The van der Waals surface area contributed by atoms with E-state index in [1.54, 1.807) is 24.4 Å². The van der Waals surface area contributed by atoms with E-state index in [0.717, 1.165) is 17.7 Å². The largest absolute Gasteiger partial charge is 0.313 e. The molecule has 0 radical (unpaired) electrons. The van der Waals surface area contributed by atoms with Crippen LogP contribution in [0.15, 0.2) is 47.6 Å². The summed E-state index contributed by atoms with van der Waals surface area (Å²) in [4.78, 5) is 4.03. The van der Waals surface area contributed by atoms with Crippen LogP contribution in [0.5, 0.6) is 0 Å². The smallest absolute Gasteiger partial charge is 0.279 e. The maximum Gasteiger partial charge on any atom is 0.279 e. The minimum Gasteiger partial charge on any atom is -0.313 e. The van der Waals surface area contributed by atoms with Crippen molar-refractivity contribution in [2.45, 2.75) is 25.4 Å². The van der Waals surface area contributed by atoms with Crippen LogP contribution in [0.3, 0.4) is 0 Å². The summed E-state index contributed by atoms with van der Waals surface area (Å²) >= 11 is 0. The van der Waals surface area contributed by atoms with Gasteiger partial charge in [-0.15, -0.1) is 0 Å². The van der Waals surface area contributed by atoms with E-state index in [1.807, 2.05) is 26.0 Å². The maximum atomic E-state index is 12.2. The van der Waals surface area contributed by atoms with Crippen LogP contribution in [0.25, 0.3) is 0 Å². The number of hydrogen-bond acceptors (Lipinski definition) is 4. The molecule has 0 atom stereocenters. The lowest BCUT2D eigenvalue weighted by Crippen LogP contribution is -2.15. The zero-order chi connectivity index (χ0) is 15.3. The van der Waals surface area contributed by atoms with Crippen molar-refractivity contribution in [1.82, 2.24) is 10.3 Å². The molecule has 0 saturated heterocycles. The van der Waals surface area contributed by atoms with Gasteiger partial charge in [0.25, 0.3) is 10.0 Å². The molecule has 0 bridgehead atoms. The zero-order valence-corrected chi connectivity index (χ0v) is 12.9. The fourth-order valence-electron chi connectivity index (χ4n) is 1.77. The van der Waals surface area contributed by atoms with Crippen molar-refractivity contribution < 1.29 is 8.42 Å². The van der Waals surface area contributed by atoms with Gasteiger partial charge in [0.15, 0.2) is 5.03 Å². The summed E-state index contributed by atoms with van der Waals surface area (Å²) in [6.45, 7) is 5.49. The number of aromatic nitrogens is 1. The third-order valence-corrected chi connectivity index (χ3v) is 4.25. The molecule has 0 aliphatic rings. The Bertz CT molecular complexity index is 680. The fourth-order valence-corrected chi connectivity index (χ4v) is 2.76. The molecule has 0 aliphatic carbocycles. The minimum absolute atomic E-state index is 0.0170. The van der Waals surface area contributed by atoms with Gasteiger partial charge in [-0.05, 0) is 37.2 Å². The van der Waals surface area contributed by atoms with Gasteiger partial charge in [-0.2, -0.15) is 8.42 Å². The molecule has 0 spiro atoms. The van der Waals surface area contributed by atoms with Crippen molar-refractivity contribution in [3.63, 3.8) is 0 Å². The third kappa shape index (κ3) is 4.27. The second-order valence-corrected chi connectivity index (χ2v) is 6.39. The topological polar surface area (TPSA) is 71.1 Å². The van der Waals surface area contributed by atoms with Gasteiger partial charge >= 0.3 is 0 Å². The van der Waals surface area contributed by atoms with Crippen LogP contribution in [0.1, 0.15) is 18.1 Å². The predicted molar refractivity (Wildman–Crippen MR) is 83.6 cm³/mol. The molecule has 1 heterocycles. The van der Waals surface area contributed by atoms with Crippen molar-refractivity contribution in [2.24, 2.45) is 0 Å². The molecule has 1 aromatic heterocycles. The quantitative estimate of drug-likeness (QED) is 0.859. The van der Waals surface area contributed by atoms with Gasteiger partial charge in [0.1, 0.15) is 0 Å². The van der Waals surface area contributed by atoms with Crippen LogP contribution >= 0.6 is 0 Å². The Hall–Kier alpha value is -1.92. The van der Waals surface area contributed by atoms with Gasteiger partial charge in [-0.3, -0.25) is 4.72 Å². The van der Waals surface area contributed by atoms with E-state index in [0.29, 0.717) is 12.2 Å². The predicted octanol–water partition coefficient (Wildman–Crippen LogP) is 2.30. The second kappa shape index (κ2) is 6.69. The van der Waals surface area contributed by atoms with E-state index in [-0.39, 0.29) is 5.03 Å². The minimum atomic E-state index is -3.64. The molecule has 0 aliphatic heterocycles. The number of aryl methyl sites for hydroxylation is 1. The molecule has 6 heteroatoms. The van der Waals surface area contributed by atoms with Crippen LogP contribution in [-0.2, 0) is 16.6 Å². The molecule has 0 amide bonds. The molecule has 0 unspecified atom stereocenters. The van der Waals surface area contributed by atoms with Crippen LogP contribution in [-0.4, -0.2) is 19.9 Å². The summed E-state index contributed by atoms with van der Waals surface area (Å²) < 4.78 is 27.0. The third-order valence-electron chi connectivity index (χ3n) is 2.96. The zero-order valence-electron chi connectivity index (χ0n) is 12.1. The molecule has 0 fully saturated rings. The molecule has 0 saturated carbocycles. The van der Waals surface area contributed by atoms with E-state index in [4.69, 9.17) is 0 Å². The molecule has 112 valence electrons. The van der Waals surface area contributed by atoms with Crippen LogP contribution in [0.2, 0.25) is 0 Å². The van der Waals surface area contributed by atoms with Crippen LogP contribution in [0, 0.1) is 6.92 Å². The van der Waals surface area contributed by atoms with Crippen LogP contribution < -0.4 is 10.0 Å². The normalized spacial score (nSPS) is 11.3. The van der Waals surface area contributed by atoms with E-state index < -0.39 is 10.0 Å². The van der Waals surface area contributed by atoms with Crippen molar-refractivity contribution in [1.29, 1.82) is 0 Å². The second-order valence-electron chi connectivity index (χ2n) is 4.76. The fraction of sp³-hybridized carbons (Fsp3) is 0.267. The summed E-state index contributed by atoms with van der Waals surface area (Å²) in [6.07, 6.45) is 1.58. The Morgan fingerprint density at radius 2 is 1.81 bits per heavy atom. The van der Waals surface area contributed by atoms with Gasteiger partial charge in [0, 0.05) is 18.4 Å². The van der Waals surface area contributed by atoms with Crippen molar-refractivity contribution in [3.05, 3.63) is 53.7 Å². The summed E-state index contributed by atoms with van der Waals surface area (Å²) in [5.74, 6) is 0. The lowest BCUT2D eigenvalue weighted by molar-refractivity contribution is 0.597. The first-order chi connectivity index (χ1) is 10.0. The lowest BCUT2D eigenvalue weighted by atomic mass is 10.2. The standard InChI is InChI=1S/C15H19N3O2S/c1-3-16-10-13-6-9-15(17-11-13)21(19,20)18-14-7-4-12(2)5-8-14/h4-9,11,16,18H,3,10H2,1-2H3. The molecule has 2 rings (SSSR count). The highest BCUT2D eigenvalue weighted by Crippen LogP contribution is 2.15. The number of benzene rings is 1. The number of anilines is 1. The number of pyridine rings is 1. The van der Waals surface area contributed by atoms with E-state index in [1.165, 1.54) is 6.07 Å². The number of hydrogen-bond donors (Lipinski definition) is 2. The molecule has 1 aromatic carbocycles. The Balaban J connectivity index is 2.13. The first-order valence-corrected chi connectivity index (χ1v) is 8.25. The van der Waals surface area contributed by atoms with Crippen molar-refractivity contribution >= 4 is 15.7 Å². The van der Waals surface area contributed by atoms with Gasteiger partial charge in [-0.25, -0.2) is 4.98 Å². The van der Waals surface area contributed by atoms with E-state index in [2.05, 4.69) is 15.0 Å². The van der Waals surface area contributed by atoms with Gasteiger partial charge in [0.2, 0.25) is 0 Å². The molecular formula is C15H19N3O2S. The van der Waals surface area contributed by atoms with E-state index in [9.17, 15) is 8.42 Å². The highest BCUT2D eigenvalue weighted by molar-refractivity contribution is 7.92. The number of rotatable bonds is 6. The Kier molecular flexibility index (Phi) is 4.93. The summed E-state index contributed by atoms with van der Waals surface area (Å²) in [6, 6.07) is 10.4. The monoisotopic (exact) mass is 305 g/mol.